The number of thioether (sulfide) groups is 1. The first-order valence-electron chi connectivity index (χ1n) is 9.58. The lowest BCUT2D eigenvalue weighted by Gasteiger charge is -2.08. The van der Waals surface area contributed by atoms with Crippen LogP contribution in [-0.2, 0) is 16.1 Å². The fraction of sp³-hybridized carbons (Fsp3) is 0.190. The Morgan fingerprint density at radius 2 is 2.03 bits per heavy atom. The average molecular weight is 474 g/mol. The Labute approximate surface area is 193 Å². The number of benzene rings is 2. The summed E-state index contributed by atoms with van der Waals surface area (Å²) in [6.07, 6.45) is 1.38. The molecule has 166 valence electrons. The van der Waals surface area contributed by atoms with Crippen molar-refractivity contribution in [3.63, 3.8) is 0 Å². The van der Waals surface area contributed by atoms with Gasteiger partial charge in [0, 0.05) is 10.6 Å². The van der Waals surface area contributed by atoms with Gasteiger partial charge in [0.2, 0.25) is 0 Å². The fourth-order valence-corrected chi connectivity index (χ4v) is 3.68. The number of amides is 1. The molecule has 3 rings (SSSR count). The second-order valence-corrected chi connectivity index (χ2v) is 7.77. The van der Waals surface area contributed by atoms with Gasteiger partial charge >= 0.3 is 5.16 Å². The van der Waals surface area contributed by atoms with Gasteiger partial charge in [-0.25, -0.2) is 9.99 Å². The molecule has 0 radical (unpaired) electrons. The molecule has 0 fully saturated rings. The summed E-state index contributed by atoms with van der Waals surface area (Å²) in [6, 6.07) is 14.1. The van der Waals surface area contributed by atoms with Crippen molar-refractivity contribution < 1.29 is 24.0 Å². The predicted octanol–water partition coefficient (Wildman–Crippen LogP) is 1.41. The van der Waals surface area contributed by atoms with E-state index < -0.39 is 12.6 Å². The SMILES string of the molecule is CC[n+]1c(SCC(=O)NN=Cc2ccccc2OCC(=O)[O-])n[nH]c1-c1ccc(Cl)cc1. The zero-order valence-corrected chi connectivity index (χ0v) is 18.7. The van der Waals surface area contributed by atoms with Crippen molar-refractivity contribution in [1.82, 2.24) is 15.6 Å². The zero-order chi connectivity index (χ0) is 22.9. The summed E-state index contributed by atoms with van der Waals surface area (Å²) in [5.41, 5.74) is 3.89. The molecular weight excluding hydrogens is 454 g/mol. The molecule has 0 saturated carbocycles. The van der Waals surface area contributed by atoms with Crippen LogP contribution in [0.2, 0.25) is 5.02 Å². The smallest absolute Gasteiger partial charge is 0.337 e. The summed E-state index contributed by atoms with van der Waals surface area (Å²) in [7, 11) is 0. The van der Waals surface area contributed by atoms with Crippen LogP contribution < -0.4 is 19.8 Å². The van der Waals surface area contributed by atoms with Gasteiger partial charge in [-0.1, -0.05) is 23.7 Å². The van der Waals surface area contributed by atoms with E-state index in [4.69, 9.17) is 16.3 Å². The summed E-state index contributed by atoms with van der Waals surface area (Å²) in [5, 5.41) is 23.1. The molecule has 32 heavy (non-hydrogen) atoms. The molecular formula is C21H20ClN5O4S. The van der Waals surface area contributed by atoms with Crippen LogP contribution in [0.15, 0.2) is 58.8 Å². The van der Waals surface area contributed by atoms with Crippen molar-refractivity contribution in [2.45, 2.75) is 18.6 Å². The van der Waals surface area contributed by atoms with Gasteiger partial charge in [0.1, 0.15) is 12.4 Å². The molecule has 2 N–H and O–H groups in total. The molecule has 11 heteroatoms. The van der Waals surface area contributed by atoms with Crippen LogP contribution in [0.5, 0.6) is 5.75 Å². The third kappa shape index (κ3) is 6.32. The number of halogens is 1. The lowest BCUT2D eigenvalue weighted by atomic mass is 10.2. The van der Waals surface area contributed by atoms with Crippen molar-refractivity contribution in [1.29, 1.82) is 0 Å². The Balaban J connectivity index is 1.58. The molecule has 2 aromatic carbocycles. The van der Waals surface area contributed by atoms with Crippen molar-refractivity contribution in [3.05, 3.63) is 59.1 Å². The maximum atomic E-state index is 12.2. The van der Waals surface area contributed by atoms with E-state index >= 15 is 0 Å². The first-order chi connectivity index (χ1) is 15.5. The summed E-state index contributed by atoms with van der Waals surface area (Å²) >= 11 is 7.23. The Morgan fingerprint density at radius 3 is 2.75 bits per heavy atom. The minimum absolute atomic E-state index is 0.102. The highest BCUT2D eigenvalue weighted by atomic mass is 35.5. The molecule has 0 aliphatic heterocycles. The standard InChI is InChI=1S/C21H20ClN5O4S/c1-2-27-20(14-7-9-16(22)10-8-14)25-26-21(27)32-13-18(28)24-23-11-15-5-3-4-6-17(15)31-12-19(29)30/h3-11H,2,12-13H2,1H3,(H2,24,28,29,30). The molecule has 9 nitrogen and oxygen atoms in total. The van der Waals surface area contributed by atoms with E-state index in [0.717, 1.165) is 11.4 Å². The number of aliphatic carboxylic acids is 1. The Bertz CT molecular complexity index is 1120. The number of rotatable bonds is 10. The number of nitrogens with zero attached hydrogens (tertiary/aromatic N) is 3. The van der Waals surface area contributed by atoms with Crippen LogP contribution in [-0.4, -0.2) is 40.6 Å². The van der Waals surface area contributed by atoms with E-state index in [-0.39, 0.29) is 11.7 Å². The molecule has 1 heterocycles. The van der Waals surface area contributed by atoms with Gasteiger partial charge in [-0.2, -0.15) is 5.10 Å². The summed E-state index contributed by atoms with van der Waals surface area (Å²) in [5.74, 6) is -0.412. The number of hydrogen-bond acceptors (Lipinski definition) is 7. The predicted molar refractivity (Wildman–Crippen MR) is 118 cm³/mol. The van der Waals surface area contributed by atoms with Crippen LogP contribution in [0.1, 0.15) is 12.5 Å². The van der Waals surface area contributed by atoms with Crippen LogP contribution in [0, 0.1) is 0 Å². The average Bonchev–Trinajstić information content (AvgIpc) is 3.20. The number of carboxylic acids is 1. The van der Waals surface area contributed by atoms with E-state index in [9.17, 15) is 14.7 Å². The summed E-state index contributed by atoms with van der Waals surface area (Å²) in [6.45, 7) is 2.08. The monoisotopic (exact) mass is 473 g/mol. The first kappa shape index (κ1) is 23.3. The lowest BCUT2D eigenvalue weighted by Crippen LogP contribution is -2.36. The third-order valence-corrected chi connectivity index (χ3v) is 5.41. The highest BCUT2D eigenvalue weighted by Crippen LogP contribution is 2.20. The molecule has 0 unspecified atom stereocenters. The van der Waals surface area contributed by atoms with Crippen LogP contribution in [0.3, 0.4) is 0 Å². The number of ether oxygens (including phenoxy) is 1. The number of hydrogen-bond donors (Lipinski definition) is 2. The van der Waals surface area contributed by atoms with Crippen LogP contribution in [0.4, 0.5) is 0 Å². The quantitative estimate of drug-likeness (QED) is 0.198. The number of carbonyl (C=O) groups excluding carboxylic acids is 2. The van der Waals surface area contributed by atoms with E-state index in [1.807, 2.05) is 23.6 Å². The number of H-pyrrole nitrogens is 1. The number of hydrazone groups is 1. The zero-order valence-electron chi connectivity index (χ0n) is 17.1. The van der Waals surface area contributed by atoms with Crippen LogP contribution >= 0.6 is 23.4 Å². The van der Waals surface area contributed by atoms with Crippen molar-refractivity contribution in [3.8, 4) is 17.1 Å². The Morgan fingerprint density at radius 1 is 1.28 bits per heavy atom. The number of carbonyl (C=O) groups is 2. The van der Waals surface area contributed by atoms with Gasteiger partial charge in [0.25, 0.3) is 11.7 Å². The van der Waals surface area contributed by atoms with E-state index in [0.29, 0.717) is 28.0 Å². The molecule has 0 atom stereocenters. The number of nitrogens with one attached hydrogen (secondary N) is 2. The normalized spacial score (nSPS) is 10.9. The second-order valence-electron chi connectivity index (χ2n) is 6.39. The maximum Gasteiger partial charge on any atom is 0.337 e. The van der Waals surface area contributed by atoms with Crippen molar-refractivity contribution in [2.75, 3.05) is 12.4 Å². The third-order valence-electron chi connectivity index (χ3n) is 4.18. The van der Waals surface area contributed by atoms with Crippen LogP contribution in [0.25, 0.3) is 11.4 Å². The minimum atomic E-state index is -1.33. The van der Waals surface area contributed by atoms with E-state index in [1.54, 1.807) is 36.4 Å². The number of aromatic amines is 1. The Hall–Kier alpha value is -3.37. The van der Waals surface area contributed by atoms with Gasteiger partial charge in [0.15, 0.2) is 0 Å². The minimum Gasteiger partial charge on any atom is -0.546 e. The van der Waals surface area contributed by atoms with Gasteiger partial charge in [-0.15, -0.1) is 5.10 Å². The topological polar surface area (TPSA) is 123 Å². The largest absolute Gasteiger partial charge is 0.546 e. The number of carboxylic acid groups (broad SMARTS) is 1. The molecule has 1 amide bonds. The van der Waals surface area contributed by atoms with Crippen molar-refractivity contribution in [2.24, 2.45) is 5.10 Å². The number of aromatic nitrogens is 3. The van der Waals surface area contributed by atoms with Gasteiger partial charge < -0.3 is 14.6 Å². The second kappa shape index (κ2) is 11.3. The van der Waals surface area contributed by atoms with E-state index in [1.165, 1.54) is 18.0 Å². The van der Waals surface area contributed by atoms with Gasteiger partial charge in [-0.05, 0) is 55.1 Å². The van der Waals surface area contributed by atoms with Gasteiger partial charge in [0.05, 0.1) is 35.1 Å². The fourth-order valence-electron chi connectivity index (χ4n) is 2.74. The molecule has 0 spiro atoms. The first-order valence-corrected chi connectivity index (χ1v) is 10.9. The molecule has 0 aliphatic rings. The Kier molecular flexibility index (Phi) is 8.23. The van der Waals surface area contributed by atoms with E-state index in [2.05, 4.69) is 20.7 Å². The highest BCUT2D eigenvalue weighted by molar-refractivity contribution is 7.99. The van der Waals surface area contributed by atoms with Crippen molar-refractivity contribution >= 4 is 41.5 Å². The molecule has 1 aromatic heterocycles. The highest BCUT2D eigenvalue weighted by Gasteiger charge is 2.21. The number of para-hydroxylation sites is 1. The molecule has 0 aliphatic carbocycles. The summed E-state index contributed by atoms with van der Waals surface area (Å²) < 4.78 is 7.11. The molecule has 0 saturated heterocycles. The maximum absolute atomic E-state index is 12.2. The summed E-state index contributed by atoms with van der Waals surface area (Å²) in [4.78, 5) is 22.8. The lowest BCUT2D eigenvalue weighted by molar-refractivity contribution is -0.719. The van der Waals surface area contributed by atoms with Gasteiger partial charge in [-0.3, -0.25) is 4.79 Å². The molecule has 3 aromatic rings. The molecule has 0 bridgehead atoms.